The van der Waals surface area contributed by atoms with Gasteiger partial charge in [0.1, 0.15) is 5.25 Å². The molecular formula is C14H16O6S2. The normalized spacial score (nSPS) is 22.7. The van der Waals surface area contributed by atoms with Crippen molar-refractivity contribution in [3.8, 4) is 0 Å². The molecule has 0 aliphatic carbocycles. The second-order valence-corrected chi connectivity index (χ2v) is 9.02. The van der Waals surface area contributed by atoms with Gasteiger partial charge in [-0.05, 0) is 24.6 Å². The molecule has 0 saturated carbocycles. The molecule has 2 rings (SSSR count). The molecule has 1 aliphatic rings. The maximum Gasteiger partial charge on any atom is 0.338 e. The molecule has 1 heterocycles. The lowest BCUT2D eigenvalue weighted by Crippen LogP contribution is -2.21. The first kappa shape index (κ1) is 16.7. The first-order chi connectivity index (χ1) is 10.2. The van der Waals surface area contributed by atoms with E-state index >= 15 is 0 Å². The fraction of sp³-hybridized carbons (Fsp3) is 0.357. The van der Waals surface area contributed by atoms with E-state index in [2.05, 4.69) is 0 Å². The zero-order chi connectivity index (χ0) is 16.4. The van der Waals surface area contributed by atoms with Crippen LogP contribution in [0, 0.1) is 0 Å². The number of hydrogen-bond donors (Lipinski definition) is 0. The van der Waals surface area contributed by atoms with Crippen LogP contribution in [0.2, 0.25) is 0 Å². The van der Waals surface area contributed by atoms with Crippen LogP contribution in [0.4, 0.5) is 0 Å². The molecule has 0 spiro atoms. The van der Waals surface area contributed by atoms with Crippen molar-refractivity contribution in [2.24, 2.45) is 0 Å². The van der Waals surface area contributed by atoms with E-state index in [1.807, 2.05) is 0 Å². The average molecular weight is 344 g/mol. The van der Waals surface area contributed by atoms with Crippen LogP contribution in [-0.2, 0) is 24.4 Å². The number of ether oxygens (including phenoxy) is 1. The number of carbonyl (C=O) groups is 1. The number of benzene rings is 1. The number of carbonyl (C=O) groups excluding carboxylic acids is 1. The lowest BCUT2D eigenvalue weighted by molar-refractivity contribution is 0.0526. The molecular weight excluding hydrogens is 328 g/mol. The SMILES string of the molecule is CCOC(=O)c1ccc(C2CS(=O)(=O)C=CCS2(=O)=O)cc1. The number of esters is 1. The van der Waals surface area contributed by atoms with Gasteiger partial charge in [-0.2, -0.15) is 0 Å². The number of hydrogen-bond acceptors (Lipinski definition) is 6. The molecule has 0 N–H and O–H groups in total. The van der Waals surface area contributed by atoms with Gasteiger partial charge in [0.25, 0.3) is 0 Å². The second-order valence-electron chi connectivity index (χ2n) is 4.86. The molecule has 120 valence electrons. The smallest absolute Gasteiger partial charge is 0.338 e. The summed E-state index contributed by atoms with van der Waals surface area (Å²) in [5, 5.41) is -0.193. The summed E-state index contributed by atoms with van der Waals surface area (Å²) in [7, 11) is -7.18. The predicted molar refractivity (Wildman–Crippen MR) is 81.9 cm³/mol. The van der Waals surface area contributed by atoms with Gasteiger partial charge in [-0.1, -0.05) is 18.2 Å². The minimum Gasteiger partial charge on any atom is -0.462 e. The van der Waals surface area contributed by atoms with E-state index in [0.29, 0.717) is 5.56 Å². The van der Waals surface area contributed by atoms with Crippen molar-refractivity contribution in [1.82, 2.24) is 0 Å². The van der Waals surface area contributed by atoms with Crippen molar-refractivity contribution in [3.63, 3.8) is 0 Å². The average Bonchev–Trinajstić information content (AvgIpc) is 2.55. The zero-order valence-electron chi connectivity index (χ0n) is 11.9. The van der Waals surface area contributed by atoms with Crippen molar-refractivity contribution in [2.45, 2.75) is 12.2 Å². The van der Waals surface area contributed by atoms with E-state index in [0.717, 1.165) is 11.5 Å². The third-order valence-corrected chi connectivity index (χ3v) is 6.82. The van der Waals surface area contributed by atoms with Gasteiger partial charge in [-0.25, -0.2) is 21.6 Å². The summed E-state index contributed by atoms with van der Waals surface area (Å²) in [4.78, 5) is 11.6. The molecule has 0 radical (unpaired) electrons. The third-order valence-electron chi connectivity index (χ3n) is 3.24. The van der Waals surface area contributed by atoms with Gasteiger partial charge in [0.15, 0.2) is 19.7 Å². The Morgan fingerprint density at radius 3 is 2.41 bits per heavy atom. The molecule has 1 aromatic carbocycles. The molecule has 22 heavy (non-hydrogen) atoms. The van der Waals surface area contributed by atoms with E-state index in [4.69, 9.17) is 4.74 Å². The van der Waals surface area contributed by atoms with Crippen LogP contribution in [0.25, 0.3) is 0 Å². The molecule has 8 heteroatoms. The first-order valence-corrected chi connectivity index (χ1v) is 10.1. The summed E-state index contributed by atoms with van der Waals surface area (Å²) >= 11 is 0. The fourth-order valence-corrected chi connectivity index (χ4v) is 5.96. The quantitative estimate of drug-likeness (QED) is 0.766. The molecule has 0 amide bonds. The van der Waals surface area contributed by atoms with Crippen LogP contribution in [0.3, 0.4) is 0 Å². The Bertz CT molecular complexity index is 788. The Kier molecular flexibility index (Phi) is 4.72. The Labute approximate surface area is 129 Å². The van der Waals surface area contributed by atoms with Crippen LogP contribution in [0.5, 0.6) is 0 Å². The van der Waals surface area contributed by atoms with Crippen LogP contribution in [0.1, 0.15) is 28.1 Å². The highest BCUT2D eigenvalue weighted by molar-refractivity contribution is 7.97. The van der Waals surface area contributed by atoms with Crippen molar-refractivity contribution in [1.29, 1.82) is 0 Å². The van der Waals surface area contributed by atoms with Gasteiger partial charge in [0.2, 0.25) is 0 Å². The summed E-state index contributed by atoms with van der Waals surface area (Å²) < 4.78 is 52.8. The molecule has 0 bridgehead atoms. The van der Waals surface area contributed by atoms with E-state index in [1.54, 1.807) is 6.92 Å². The largest absolute Gasteiger partial charge is 0.462 e. The predicted octanol–water partition coefficient (Wildman–Crippen LogP) is 1.26. The molecule has 1 aliphatic heterocycles. The summed E-state index contributed by atoms with van der Waals surface area (Å²) in [6.07, 6.45) is 1.15. The van der Waals surface area contributed by atoms with Gasteiger partial charge in [-0.3, -0.25) is 0 Å². The van der Waals surface area contributed by atoms with Crippen molar-refractivity contribution < 1.29 is 26.4 Å². The van der Waals surface area contributed by atoms with Crippen molar-refractivity contribution in [3.05, 3.63) is 46.9 Å². The zero-order valence-corrected chi connectivity index (χ0v) is 13.6. The van der Waals surface area contributed by atoms with Gasteiger partial charge >= 0.3 is 5.97 Å². The first-order valence-electron chi connectivity index (χ1n) is 6.63. The molecule has 0 fully saturated rings. The molecule has 1 aromatic rings. The van der Waals surface area contributed by atoms with E-state index < -0.39 is 36.6 Å². The second kappa shape index (κ2) is 6.21. The van der Waals surface area contributed by atoms with Gasteiger partial charge in [-0.15, -0.1) is 0 Å². The van der Waals surface area contributed by atoms with E-state index in [9.17, 15) is 21.6 Å². The van der Waals surface area contributed by atoms with Crippen molar-refractivity contribution >= 4 is 25.6 Å². The Balaban J connectivity index is 2.35. The Morgan fingerprint density at radius 1 is 1.18 bits per heavy atom. The maximum atomic E-state index is 12.2. The monoisotopic (exact) mass is 344 g/mol. The maximum absolute atomic E-state index is 12.2. The lowest BCUT2D eigenvalue weighted by atomic mass is 10.1. The van der Waals surface area contributed by atoms with E-state index in [1.165, 1.54) is 24.3 Å². The fourth-order valence-electron chi connectivity index (χ4n) is 2.16. The van der Waals surface area contributed by atoms with Gasteiger partial charge in [0, 0.05) is 5.41 Å². The highest BCUT2D eigenvalue weighted by Gasteiger charge is 2.32. The summed E-state index contributed by atoms with van der Waals surface area (Å²) in [6, 6.07) is 5.78. The van der Waals surface area contributed by atoms with E-state index in [-0.39, 0.29) is 17.9 Å². The highest BCUT2D eigenvalue weighted by atomic mass is 32.2. The van der Waals surface area contributed by atoms with Crippen LogP contribution >= 0.6 is 0 Å². The molecule has 6 nitrogen and oxygen atoms in total. The van der Waals surface area contributed by atoms with Gasteiger partial charge < -0.3 is 4.74 Å². The molecule has 0 saturated heterocycles. The standard InChI is InChI=1S/C14H16O6S2/c1-2-20-14(15)12-6-4-11(5-7-12)13-10-21(16,17)8-3-9-22(13,18)19/h3-8,13H,2,9-10H2,1H3. The topological polar surface area (TPSA) is 94.6 Å². The summed E-state index contributed by atoms with van der Waals surface area (Å²) in [6.45, 7) is 1.92. The lowest BCUT2D eigenvalue weighted by Gasteiger charge is -2.15. The molecule has 1 atom stereocenters. The Hall–Kier alpha value is -1.67. The highest BCUT2D eigenvalue weighted by Crippen LogP contribution is 2.28. The Morgan fingerprint density at radius 2 is 1.82 bits per heavy atom. The van der Waals surface area contributed by atoms with Crippen LogP contribution in [0.15, 0.2) is 35.7 Å². The van der Waals surface area contributed by atoms with Crippen LogP contribution in [-0.4, -0.2) is 40.9 Å². The van der Waals surface area contributed by atoms with Crippen LogP contribution < -0.4 is 0 Å². The summed E-state index contributed by atoms with van der Waals surface area (Å²) in [5.41, 5.74) is 0.637. The summed E-state index contributed by atoms with van der Waals surface area (Å²) in [5.74, 6) is -1.33. The number of rotatable bonds is 3. The minimum atomic E-state index is -3.61. The van der Waals surface area contributed by atoms with Gasteiger partial charge in [0.05, 0.1) is 23.7 Å². The number of sulfone groups is 2. The molecule has 1 unspecified atom stereocenters. The third kappa shape index (κ3) is 3.75. The molecule has 0 aromatic heterocycles. The van der Waals surface area contributed by atoms with Crippen molar-refractivity contribution in [2.75, 3.05) is 18.1 Å². The minimum absolute atomic E-state index is 0.238.